The minimum absolute atomic E-state index is 0.372. The third-order valence-electron chi connectivity index (χ3n) is 1.86. The number of rotatable bonds is 4. The fraction of sp³-hybridized carbons (Fsp3) is 0.273. The van der Waals surface area contributed by atoms with Gasteiger partial charge in [-0.2, -0.15) is 0 Å². The molecule has 0 amide bonds. The van der Waals surface area contributed by atoms with E-state index in [0.717, 1.165) is 5.56 Å². The van der Waals surface area contributed by atoms with Crippen LogP contribution in [0.3, 0.4) is 0 Å². The van der Waals surface area contributed by atoms with Gasteiger partial charge in [-0.25, -0.2) is 0 Å². The maximum atomic E-state index is 9.33. The highest BCUT2D eigenvalue weighted by molar-refractivity contribution is 6.32. The van der Waals surface area contributed by atoms with Crippen LogP contribution < -0.4 is 4.74 Å². The number of ether oxygens (including phenoxy) is 1. The van der Waals surface area contributed by atoms with Gasteiger partial charge in [-0.1, -0.05) is 29.3 Å². The maximum Gasteiger partial charge on any atom is 0.138 e. The molecule has 0 aliphatic heterocycles. The van der Waals surface area contributed by atoms with E-state index in [1.165, 1.54) is 5.54 Å². The molecule has 1 rings (SSSR count). The summed E-state index contributed by atoms with van der Waals surface area (Å²) in [6.45, 7) is 2.06. The largest absolute Gasteiger partial charge is 0.488 e. The normalized spacial score (nSPS) is 13.1. The Morgan fingerprint density at radius 2 is 2.27 bits per heavy atom. The van der Waals surface area contributed by atoms with Gasteiger partial charge in [0, 0.05) is 5.54 Å². The van der Waals surface area contributed by atoms with E-state index in [0.29, 0.717) is 17.4 Å². The van der Waals surface area contributed by atoms with Crippen LogP contribution in [0, 0.1) is 0 Å². The Morgan fingerprint density at radius 1 is 1.53 bits per heavy atom. The van der Waals surface area contributed by atoms with E-state index >= 15 is 0 Å². The van der Waals surface area contributed by atoms with Crippen LogP contribution in [-0.4, -0.2) is 11.7 Å². The topological polar surface area (TPSA) is 29.5 Å². The second kappa shape index (κ2) is 6.01. The van der Waals surface area contributed by atoms with Crippen molar-refractivity contribution >= 4 is 23.2 Å². The number of halogens is 2. The number of benzene rings is 1. The summed E-state index contributed by atoms with van der Waals surface area (Å²) in [5.74, 6) is 0.579. The van der Waals surface area contributed by atoms with Gasteiger partial charge in [0.15, 0.2) is 0 Å². The van der Waals surface area contributed by atoms with Gasteiger partial charge in [0.25, 0.3) is 0 Å². The van der Waals surface area contributed by atoms with Gasteiger partial charge in [0.1, 0.15) is 12.4 Å². The molecule has 1 atom stereocenters. The van der Waals surface area contributed by atoms with Crippen LogP contribution in [0.25, 0.3) is 0 Å². The zero-order chi connectivity index (χ0) is 11.3. The van der Waals surface area contributed by atoms with E-state index in [-0.39, 0.29) is 0 Å². The fourth-order valence-electron chi connectivity index (χ4n) is 1.07. The zero-order valence-electron chi connectivity index (χ0n) is 8.28. The summed E-state index contributed by atoms with van der Waals surface area (Å²) >= 11 is 11.3. The molecular weight excluding hydrogens is 235 g/mol. The van der Waals surface area contributed by atoms with E-state index in [1.54, 1.807) is 31.2 Å². The van der Waals surface area contributed by atoms with E-state index in [1.807, 2.05) is 0 Å². The lowest BCUT2D eigenvalue weighted by atomic mass is 10.1. The quantitative estimate of drug-likeness (QED) is 0.881. The third-order valence-corrected chi connectivity index (χ3v) is 2.34. The maximum absolute atomic E-state index is 9.33. The van der Waals surface area contributed by atoms with Crippen LogP contribution in [0.15, 0.2) is 29.8 Å². The summed E-state index contributed by atoms with van der Waals surface area (Å²) < 4.78 is 5.33. The molecule has 0 unspecified atom stereocenters. The monoisotopic (exact) mass is 246 g/mol. The summed E-state index contributed by atoms with van der Waals surface area (Å²) in [4.78, 5) is 0. The molecule has 0 heterocycles. The van der Waals surface area contributed by atoms with Crippen molar-refractivity contribution in [1.29, 1.82) is 0 Å². The lowest BCUT2D eigenvalue weighted by molar-refractivity contribution is 0.199. The Hall–Kier alpha value is -0.700. The van der Waals surface area contributed by atoms with Crippen molar-refractivity contribution in [2.45, 2.75) is 13.0 Å². The lowest BCUT2D eigenvalue weighted by Crippen LogP contribution is -1.96. The molecular formula is C11H12Cl2O2. The Morgan fingerprint density at radius 3 is 2.80 bits per heavy atom. The SMILES string of the molecule is C[C@@H](O)c1ccc(OC/C=C/Cl)c(Cl)c1. The summed E-state index contributed by atoms with van der Waals surface area (Å²) in [7, 11) is 0. The van der Waals surface area contributed by atoms with Gasteiger partial charge in [-0.05, 0) is 30.7 Å². The van der Waals surface area contributed by atoms with E-state index in [4.69, 9.17) is 27.9 Å². The van der Waals surface area contributed by atoms with Gasteiger partial charge in [0.2, 0.25) is 0 Å². The highest BCUT2D eigenvalue weighted by Gasteiger charge is 2.05. The molecule has 1 N–H and O–H groups in total. The van der Waals surface area contributed by atoms with Crippen molar-refractivity contribution in [1.82, 2.24) is 0 Å². The molecule has 0 radical (unpaired) electrons. The second-order valence-electron chi connectivity index (χ2n) is 3.04. The average Bonchev–Trinajstić information content (AvgIpc) is 2.20. The summed E-state index contributed by atoms with van der Waals surface area (Å²) in [6, 6.07) is 5.19. The Labute approximate surface area is 99.1 Å². The van der Waals surface area contributed by atoms with Crippen molar-refractivity contribution in [2.24, 2.45) is 0 Å². The Balaban J connectivity index is 2.74. The lowest BCUT2D eigenvalue weighted by Gasteiger charge is -2.09. The van der Waals surface area contributed by atoms with Crippen molar-refractivity contribution in [3.63, 3.8) is 0 Å². The smallest absolute Gasteiger partial charge is 0.138 e. The molecule has 0 bridgehead atoms. The van der Waals surface area contributed by atoms with Gasteiger partial charge >= 0.3 is 0 Å². The first-order valence-electron chi connectivity index (χ1n) is 4.50. The zero-order valence-corrected chi connectivity index (χ0v) is 9.79. The molecule has 0 aliphatic rings. The molecule has 1 aromatic rings. The van der Waals surface area contributed by atoms with Gasteiger partial charge < -0.3 is 9.84 Å². The third kappa shape index (κ3) is 3.74. The summed E-state index contributed by atoms with van der Waals surface area (Å²) in [5, 5.41) is 9.81. The highest BCUT2D eigenvalue weighted by Crippen LogP contribution is 2.27. The number of aliphatic hydroxyl groups excluding tert-OH is 1. The predicted molar refractivity (Wildman–Crippen MR) is 62.6 cm³/mol. The van der Waals surface area contributed by atoms with Crippen LogP contribution >= 0.6 is 23.2 Å². The van der Waals surface area contributed by atoms with Crippen LogP contribution in [0.1, 0.15) is 18.6 Å². The molecule has 1 aromatic carbocycles. The Kier molecular flexibility index (Phi) is 4.95. The average molecular weight is 247 g/mol. The van der Waals surface area contributed by atoms with Gasteiger partial charge in [0.05, 0.1) is 11.1 Å². The van der Waals surface area contributed by atoms with Gasteiger partial charge in [-0.15, -0.1) is 0 Å². The Bertz CT molecular complexity index is 348. The molecule has 15 heavy (non-hydrogen) atoms. The van der Waals surface area contributed by atoms with Crippen LogP contribution in [0.2, 0.25) is 5.02 Å². The summed E-state index contributed by atoms with van der Waals surface area (Å²) in [5.41, 5.74) is 2.15. The molecule has 4 heteroatoms. The number of aliphatic hydroxyl groups is 1. The molecule has 0 aliphatic carbocycles. The number of hydrogen-bond acceptors (Lipinski definition) is 2. The van der Waals surface area contributed by atoms with Crippen molar-refractivity contribution in [3.05, 3.63) is 40.4 Å². The molecule has 0 fully saturated rings. The molecule has 0 saturated heterocycles. The molecule has 0 saturated carbocycles. The van der Waals surface area contributed by atoms with E-state index in [2.05, 4.69) is 0 Å². The van der Waals surface area contributed by atoms with E-state index < -0.39 is 6.10 Å². The van der Waals surface area contributed by atoms with Gasteiger partial charge in [-0.3, -0.25) is 0 Å². The van der Waals surface area contributed by atoms with Crippen LogP contribution in [0.4, 0.5) is 0 Å². The summed E-state index contributed by atoms with van der Waals surface area (Å²) in [6.07, 6.45) is 1.14. The first-order chi connectivity index (χ1) is 7.15. The van der Waals surface area contributed by atoms with Crippen molar-refractivity contribution in [2.75, 3.05) is 6.61 Å². The first kappa shape index (κ1) is 12.4. The molecule has 0 aromatic heterocycles. The van der Waals surface area contributed by atoms with Crippen molar-refractivity contribution < 1.29 is 9.84 Å². The minimum Gasteiger partial charge on any atom is -0.488 e. The second-order valence-corrected chi connectivity index (χ2v) is 3.70. The van der Waals surface area contributed by atoms with Crippen LogP contribution in [-0.2, 0) is 0 Å². The highest BCUT2D eigenvalue weighted by atomic mass is 35.5. The van der Waals surface area contributed by atoms with Crippen LogP contribution in [0.5, 0.6) is 5.75 Å². The number of hydrogen-bond donors (Lipinski definition) is 1. The first-order valence-corrected chi connectivity index (χ1v) is 5.32. The molecule has 2 nitrogen and oxygen atoms in total. The van der Waals surface area contributed by atoms with Crippen molar-refractivity contribution in [3.8, 4) is 5.75 Å². The minimum atomic E-state index is -0.528. The fourth-order valence-corrected chi connectivity index (χ4v) is 1.38. The standard InChI is InChI=1S/C11H12Cl2O2/c1-8(14)9-3-4-11(10(13)7-9)15-6-2-5-12/h2-5,7-8,14H,6H2,1H3/b5-2+/t8-/m1/s1. The molecule has 0 spiro atoms. The van der Waals surface area contributed by atoms with E-state index in [9.17, 15) is 5.11 Å². The predicted octanol–water partition coefficient (Wildman–Crippen LogP) is 3.52. The molecule has 82 valence electrons.